The second kappa shape index (κ2) is 10.1. The van der Waals surface area contributed by atoms with Crippen molar-refractivity contribution in [1.29, 1.82) is 0 Å². The summed E-state index contributed by atoms with van der Waals surface area (Å²) >= 11 is 0. The number of phenols is 1. The molecule has 1 aromatic carbocycles. The molecule has 6 rings (SSSR count). The van der Waals surface area contributed by atoms with Gasteiger partial charge in [-0.25, -0.2) is 4.79 Å². The number of carbonyl (C=O) groups excluding carboxylic acids is 2. The molecule has 0 saturated heterocycles. The smallest absolute Gasteiger partial charge is 0.338 e. The van der Waals surface area contributed by atoms with Crippen molar-refractivity contribution >= 4 is 17.7 Å². The van der Waals surface area contributed by atoms with Crippen LogP contribution in [0.1, 0.15) is 96.3 Å². The Balaban J connectivity index is 1.34. The molecular formula is C36H48O8. The van der Waals surface area contributed by atoms with E-state index in [9.17, 15) is 34.8 Å². The van der Waals surface area contributed by atoms with Crippen LogP contribution in [0.4, 0.5) is 0 Å². The molecule has 0 aliphatic heterocycles. The van der Waals surface area contributed by atoms with Crippen molar-refractivity contribution in [2.75, 3.05) is 6.61 Å². The van der Waals surface area contributed by atoms with E-state index in [4.69, 9.17) is 4.74 Å². The first-order chi connectivity index (χ1) is 20.6. The first-order valence-corrected chi connectivity index (χ1v) is 16.4. The lowest BCUT2D eigenvalue weighted by Gasteiger charge is -2.68. The lowest BCUT2D eigenvalue weighted by atomic mass is 9.36. The molecule has 0 heterocycles. The molecule has 0 amide bonds. The van der Waals surface area contributed by atoms with Crippen LogP contribution in [0.15, 0.2) is 35.9 Å². The highest BCUT2D eigenvalue weighted by Gasteiger charge is 2.69. The van der Waals surface area contributed by atoms with Crippen molar-refractivity contribution in [2.45, 2.75) is 98.2 Å². The Labute approximate surface area is 259 Å². The van der Waals surface area contributed by atoms with Crippen molar-refractivity contribution in [3.63, 3.8) is 0 Å². The topological polar surface area (TPSA) is 141 Å². The van der Waals surface area contributed by atoms with E-state index in [-0.39, 0.29) is 57.7 Å². The SMILES string of the molecule is C[C@]12CC[C@@H](OC(=O)c3ccc(O)cc3)[C@](C)(C(=O)O)[C@@H]1CC[C@@]1(C)C3=CC(=O)[C@@H]4[C@](C)(CC[C@@H](O)[C@]4(C)CO)[C@H]3CC[C@H]21. The standard InChI is InChI=1S/C36H48O8/c1-32-15-12-26-34(3,17-14-28(36(26,5)31(42)43)44-30(41)20-6-8-21(38)9-7-20)25(32)11-10-22-23(32)18-24(39)29-33(22,2)16-13-27(40)35(29,4)19-37/h6-9,18,22,25-29,37-38,40H,10-17,19H2,1-5H3,(H,42,43)/t22-,25-,26+,27+,28+,29+,32-,33+,34+,35-,36+/m0/s1. The molecule has 44 heavy (non-hydrogen) atoms. The van der Waals surface area contributed by atoms with E-state index in [1.165, 1.54) is 29.8 Å². The van der Waals surface area contributed by atoms with Gasteiger partial charge in [-0.3, -0.25) is 9.59 Å². The van der Waals surface area contributed by atoms with Crippen LogP contribution in [0.25, 0.3) is 0 Å². The van der Waals surface area contributed by atoms with E-state index in [2.05, 4.69) is 20.8 Å². The van der Waals surface area contributed by atoms with Crippen LogP contribution in [0.5, 0.6) is 5.75 Å². The molecule has 0 unspecified atom stereocenters. The van der Waals surface area contributed by atoms with Gasteiger partial charge in [0.1, 0.15) is 17.3 Å². The second-order valence-electron chi connectivity index (χ2n) is 15.9. The highest BCUT2D eigenvalue weighted by atomic mass is 16.5. The number of ketones is 1. The van der Waals surface area contributed by atoms with Crippen molar-refractivity contribution < 1.29 is 39.5 Å². The van der Waals surface area contributed by atoms with Gasteiger partial charge in [0.25, 0.3) is 0 Å². The summed E-state index contributed by atoms with van der Waals surface area (Å²) in [5.41, 5.74) is -1.69. The van der Waals surface area contributed by atoms with Crippen LogP contribution in [-0.2, 0) is 14.3 Å². The van der Waals surface area contributed by atoms with Gasteiger partial charge in [-0.2, -0.15) is 0 Å². The molecule has 5 aliphatic carbocycles. The van der Waals surface area contributed by atoms with Crippen molar-refractivity contribution in [3.8, 4) is 5.75 Å². The van der Waals surface area contributed by atoms with Gasteiger partial charge < -0.3 is 25.2 Å². The summed E-state index contributed by atoms with van der Waals surface area (Å²) in [6.45, 7) is 10.1. The second-order valence-corrected chi connectivity index (χ2v) is 15.9. The molecule has 1 aromatic rings. The first-order valence-electron chi connectivity index (χ1n) is 16.4. The zero-order chi connectivity index (χ0) is 32.0. The van der Waals surface area contributed by atoms with E-state index in [0.717, 1.165) is 32.1 Å². The number of hydrogen-bond donors (Lipinski definition) is 4. The number of fused-ring (bicyclic) bond motifs is 7. The quantitative estimate of drug-likeness (QED) is 0.327. The lowest BCUT2D eigenvalue weighted by Crippen LogP contribution is -2.66. The maximum atomic E-state index is 14.0. The molecule has 5 aliphatic rings. The van der Waals surface area contributed by atoms with E-state index in [1.807, 2.05) is 13.0 Å². The Morgan fingerprint density at radius 2 is 1.55 bits per heavy atom. The van der Waals surface area contributed by atoms with Crippen molar-refractivity contribution in [1.82, 2.24) is 0 Å². The Kier molecular flexibility index (Phi) is 7.21. The number of benzene rings is 1. The average Bonchev–Trinajstić information content (AvgIpc) is 2.97. The summed E-state index contributed by atoms with van der Waals surface area (Å²) in [5, 5.41) is 41.7. The number of aliphatic hydroxyl groups excluding tert-OH is 2. The van der Waals surface area contributed by atoms with Crippen LogP contribution in [-0.4, -0.2) is 57.0 Å². The number of aliphatic hydroxyl groups is 2. The minimum Gasteiger partial charge on any atom is -0.508 e. The van der Waals surface area contributed by atoms with Crippen LogP contribution in [0, 0.1) is 50.7 Å². The number of hydrogen-bond acceptors (Lipinski definition) is 7. The van der Waals surface area contributed by atoms with Crippen LogP contribution < -0.4 is 0 Å². The Morgan fingerprint density at radius 1 is 0.886 bits per heavy atom. The number of allylic oxidation sites excluding steroid dienone is 2. The van der Waals surface area contributed by atoms with Gasteiger partial charge in [0.05, 0.1) is 18.3 Å². The molecule has 0 aromatic heterocycles. The van der Waals surface area contributed by atoms with Gasteiger partial charge in [0.15, 0.2) is 5.78 Å². The number of esters is 1. The summed E-state index contributed by atoms with van der Waals surface area (Å²) in [6.07, 6.45) is 5.97. The fourth-order valence-electron chi connectivity index (χ4n) is 11.6. The predicted molar refractivity (Wildman–Crippen MR) is 163 cm³/mol. The van der Waals surface area contributed by atoms with Crippen LogP contribution in [0.2, 0.25) is 0 Å². The fourth-order valence-corrected chi connectivity index (χ4v) is 11.6. The fraction of sp³-hybridized carbons (Fsp3) is 0.694. The maximum Gasteiger partial charge on any atom is 0.338 e. The molecule has 0 radical (unpaired) electrons. The number of carboxylic acid groups (broad SMARTS) is 1. The monoisotopic (exact) mass is 608 g/mol. The molecule has 240 valence electrons. The van der Waals surface area contributed by atoms with E-state index >= 15 is 0 Å². The van der Waals surface area contributed by atoms with Gasteiger partial charge in [0, 0.05) is 11.3 Å². The Hall–Kier alpha value is -2.71. The van der Waals surface area contributed by atoms with Crippen LogP contribution >= 0.6 is 0 Å². The van der Waals surface area contributed by atoms with Crippen molar-refractivity contribution in [2.24, 2.45) is 50.7 Å². The third-order valence-corrected chi connectivity index (χ3v) is 14.0. The summed E-state index contributed by atoms with van der Waals surface area (Å²) in [4.78, 5) is 40.3. The van der Waals surface area contributed by atoms with Gasteiger partial charge in [-0.05, 0) is 123 Å². The lowest BCUT2D eigenvalue weighted by molar-refractivity contribution is -0.205. The average molecular weight is 609 g/mol. The number of phenolic OH excluding ortho intramolecular Hbond substituents is 1. The highest BCUT2D eigenvalue weighted by Crippen LogP contribution is 2.73. The minimum atomic E-state index is -1.28. The zero-order valence-electron chi connectivity index (χ0n) is 26.6. The number of rotatable bonds is 4. The molecular weight excluding hydrogens is 560 g/mol. The largest absolute Gasteiger partial charge is 0.508 e. The number of carbonyl (C=O) groups is 3. The first kappa shape index (κ1) is 31.3. The maximum absolute atomic E-state index is 14.0. The number of ether oxygens (including phenoxy) is 1. The van der Waals surface area contributed by atoms with Crippen LogP contribution in [0.3, 0.4) is 0 Å². The molecule has 4 fully saturated rings. The molecule has 8 nitrogen and oxygen atoms in total. The molecule has 8 heteroatoms. The molecule has 0 spiro atoms. The number of aromatic hydroxyl groups is 1. The van der Waals surface area contributed by atoms with Crippen molar-refractivity contribution in [3.05, 3.63) is 41.5 Å². The Bertz CT molecular complexity index is 1400. The van der Waals surface area contributed by atoms with E-state index < -0.39 is 40.9 Å². The Morgan fingerprint density at radius 3 is 2.18 bits per heavy atom. The van der Waals surface area contributed by atoms with E-state index in [0.29, 0.717) is 19.3 Å². The summed E-state index contributed by atoms with van der Waals surface area (Å²) < 4.78 is 5.96. The summed E-state index contributed by atoms with van der Waals surface area (Å²) in [5.74, 6) is -1.85. The molecule has 0 bridgehead atoms. The summed E-state index contributed by atoms with van der Waals surface area (Å²) in [6, 6.07) is 5.79. The number of carboxylic acids is 1. The van der Waals surface area contributed by atoms with Gasteiger partial charge in [0.2, 0.25) is 0 Å². The van der Waals surface area contributed by atoms with E-state index in [1.54, 1.807) is 6.92 Å². The minimum absolute atomic E-state index is 0.00317. The third-order valence-electron chi connectivity index (χ3n) is 14.0. The highest BCUT2D eigenvalue weighted by molar-refractivity contribution is 5.95. The molecule has 11 atom stereocenters. The third kappa shape index (κ3) is 4.05. The summed E-state index contributed by atoms with van der Waals surface area (Å²) in [7, 11) is 0. The molecule has 4 N–H and O–H groups in total. The predicted octanol–water partition coefficient (Wildman–Crippen LogP) is 5.54. The van der Waals surface area contributed by atoms with Gasteiger partial charge in [-0.15, -0.1) is 0 Å². The van der Waals surface area contributed by atoms with Gasteiger partial charge in [-0.1, -0.05) is 33.3 Å². The number of aliphatic carboxylic acids is 1. The zero-order valence-corrected chi connectivity index (χ0v) is 26.6. The normalized spacial score (nSPS) is 46.4. The van der Waals surface area contributed by atoms with Gasteiger partial charge >= 0.3 is 11.9 Å². The molecule has 4 saturated carbocycles.